The van der Waals surface area contributed by atoms with E-state index in [0.29, 0.717) is 12.3 Å². The second kappa shape index (κ2) is 5.88. The Morgan fingerprint density at radius 1 is 1.47 bits per heavy atom. The minimum atomic E-state index is -0.961. The summed E-state index contributed by atoms with van der Waals surface area (Å²) in [4.78, 5) is 24.1. The van der Waals surface area contributed by atoms with Crippen molar-refractivity contribution in [2.24, 2.45) is 0 Å². The van der Waals surface area contributed by atoms with E-state index in [2.05, 4.69) is 10.2 Å². The third kappa shape index (κ3) is 3.57. The number of hydrogen-bond donors (Lipinski definition) is 2. The monoisotopic (exact) mass is 266 g/mol. The number of hydrogen-bond acceptors (Lipinski definition) is 4. The number of carboxylic acid groups (broad SMARTS) is 1. The van der Waals surface area contributed by atoms with Gasteiger partial charge in [-0.3, -0.25) is 9.69 Å². The van der Waals surface area contributed by atoms with Crippen LogP contribution in [0.4, 0.5) is 0 Å². The van der Waals surface area contributed by atoms with E-state index < -0.39 is 5.97 Å². The maximum atomic E-state index is 11.0. The number of carbonyl (C=O) groups is 2. The van der Waals surface area contributed by atoms with E-state index in [1.807, 2.05) is 0 Å². The Morgan fingerprint density at radius 2 is 2.16 bits per heavy atom. The summed E-state index contributed by atoms with van der Waals surface area (Å²) in [7, 11) is 0. The van der Waals surface area contributed by atoms with Crippen LogP contribution in [0.1, 0.15) is 35.9 Å². The first-order valence-corrected chi connectivity index (χ1v) is 6.35. The highest BCUT2D eigenvalue weighted by Crippen LogP contribution is 2.17. The van der Waals surface area contributed by atoms with E-state index in [1.165, 1.54) is 19.3 Å². The Bertz CT molecular complexity index is 461. The van der Waals surface area contributed by atoms with Gasteiger partial charge in [0.05, 0.1) is 12.8 Å². The van der Waals surface area contributed by atoms with Crippen LogP contribution in [-0.2, 0) is 11.3 Å². The van der Waals surface area contributed by atoms with Crippen molar-refractivity contribution in [3.05, 3.63) is 23.7 Å². The molecule has 2 heterocycles. The lowest BCUT2D eigenvalue weighted by molar-refractivity contribution is -0.120. The molecule has 6 heteroatoms. The topological polar surface area (TPSA) is 82.8 Å². The molecule has 1 aliphatic heterocycles. The fourth-order valence-electron chi connectivity index (χ4n) is 2.38. The quantitative estimate of drug-likeness (QED) is 0.852. The van der Waals surface area contributed by atoms with E-state index in [0.717, 1.165) is 25.9 Å². The number of carbonyl (C=O) groups excluding carboxylic acids is 1. The van der Waals surface area contributed by atoms with Gasteiger partial charge in [0.25, 0.3) is 0 Å². The van der Waals surface area contributed by atoms with Gasteiger partial charge in [-0.25, -0.2) is 4.79 Å². The number of nitrogens with one attached hydrogen (secondary N) is 1. The van der Waals surface area contributed by atoms with E-state index >= 15 is 0 Å². The first-order valence-electron chi connectivity index (χ1n) is 6.35. The summed E-state index contributed by atoms with van der Waals surface area (Å²) in [6.45, 7) is 3.67. The lowest BCUT2D eigenvalue weighted by Crippen LogP contribution is -2.43. The summed E-state index contributed by atoms with van der Waals surface area (Å²) in [6, 6.07) is 1.70. The van der Waals surface area contributed by atoms with Crippen LogP contribution in [-0.4, -0.2) is 41.0 Å². The summed E-state index contributed by atoms with van der Waals surface area (Å²) in [5, 5.41) is 11.9. The van der Waals surface area contributed by atoms with Gasteiger partial charge in [0, 0.05) is 26.1 Å². The second-order valence-corrected chi connectivity index (χ2v) is 4.81. The van der Waals surface area contributed by atoms with Crippen LogP contribution in [0.3, 0.4) is 0 Å². The summed E-state index contributed by atoms with van der Waals surface area (Å²) in [5.74, 6) is -0.472. The summed E-state index contributed by atoms with van der Waals surface area (Å²) in [6.07, 6.45) is 3.16. The van der Waals surface area contributed by atoms with E-state index in [4.69, 9.17) is 9.52 Å². The molecule has 1 saturated heterocycles. The van der Waals surface area contributed by atoms with Crippen LogP contribution in [0, 0.1) is 0 Å². The molecule has 0 bridgehead atoms. The van der Waals surface area contributed by atoms with Crippen LogP contribution in [0.2, 0.25) is 0 Å². The van der Waals surface area contributed by atoms with Crippen LogP contribution >= 0.6 is 0 Å². The predicted octanol–water partition coefficient (Wildman–Crippen LogP) is 1.08. The zero-order valence-corrected chi connectivity index (χ0v) is 10.9. The molecular formula is C13H18N2O4. The van der Waals surface area contributed by atoms with Crippen molar-refractivity contribution in [3.63, 3.8) is 0 Å². The van der Waals surface area contributed by atoms with E-state index in [-0.39, 0.29) is 17.5 Å². The number of likely N-dealkylation sites (tertiary alicyclic amines) is 1. The maximum absolute atomic E-state index is 11.0. The molecule has 0 saturated carbocycles. The van der Waals surface area contributed by atoms with Crippen molar-refractivity contribution in [1.29, 1.82) is 0 Å². The number of aromatic carboxylic acids is 1. The predicted molar refractivity (Wildman–Crippen MR) is 67.8 cm³/mol. The second-order valence-electron chi connectivity index (χ2n) is 4.81. The van der Waals surface area contributed by atoms with Crippen molar-refractivity contribution in [2.75, 3.05) is 13.1 Å². The van der Waals surface area contributed by atoms with Crippen LogP contribution in [0.5, 0.6) is 0 Å². The van der Waals surface area contributed by atoms with Crippen LogP contribution in [0.25, 0.3) is 0 Å². The van der Waals surface area contributed by atoms with Gasteiger partial charge in [0.15, 0.2) is 0 Å². The van der Waals surface area contributed by atoms with Crippen LogP contribution < -0.4 is 5.32 Å². The van der Waals surface area contributed by atoms with Gasteiger partial charge in [0.1, 0.15) is 11.3 Å². The number of piperidine rings is 1. The first kappa shape index (κ1) is 13.6. The first-order chi connectivity index (χ1) is 9.06. The smallest absolute Gasteiger partial charge is 0.339 e. The molecule has 1 aromatic rings. The molecule has 1 aromatic heterocycles. The highest BCUT2D eigenvalue weighted by molar-refractivity contribution is 5.88. The standard InChI is InChI=1S/C13H18N2O4/c1-9(16)14-10-2-5-15(6-3-10)8-12-11(13(17)18)4-7-19-12/h4,7,10H,2-3,5-6,8H2,1H3,(H,14,16)(H,17,18). The third-order valence-electron chi connectivity index (χ3n) is 3.34. The third-order valence-corrected chi connectivity index (χ3v) is 3.34. The average Bonchev–Trinajstić information content (AvgIpc) is 2.79. The van der Waals surface area contributed by atoms with E-state index in [1.54, 1.807) is 0 Å². The number of carboxylic acids is 1. The molecule has 2 N–H and O–H groups in total. The summed E-state index contributed by atoms with van der Waals surface area (Å²) in [5.41, 5.74) is 0.226. The fourth-order valence-corrected chi connectivity index (χ4v) is 2.38. The summed E-state index contributed by atoms with van der Waals surface area (Å²) >= 11 is 0. The van der Waals surface area contributed by atoms with Gasteiger partial charge < -0.3 is 14.8 Å². The van der Waals surface area contributed by atoms with Gasteiger partial charge in [-0.2, -0.15) is 0 Å². The summed E-state index contributed by atoms with van der Waals surface area (Å²) < 4.78 is 5.23. The Morgan fingerprint density at radius 3 is 2.74 bits per heavy atom. The molecule has 6 nitrogen and oxygen atoms in total. The molecule has 1 aliphatic rings. The van der Waals surface area contributed by atoms with E-state index in [9.17, 15) is 9.59 Å². The van der Waals surface area contributed by atoms with Gasteiger partial charge in [-0.05, 0) is 18.9 Å². The van der Waals surface area contributed by atoms with Crippen LogP contribution in [0.15, 0.2) is 16.7 Å². The average molecular weight is 266 g/mol. The van der Waals surface area contributed by atoms with Gasteiger partial charge in [-0.1, -0.05) is 0 Å². The Kier molecular flexibility index (Phi) is 4.21. The molecular weight excluding hydrogens is 248 g/mol. The molecule has 19 heavy (non-hydrogen) atoms. The SMILES string of the molecule is CC(=O)NC1CCN(Cc2occc2C(=O)O)CC1. The normalized spacial score (nSPS) is 17.3. The molecule has 104 valence electrons. The number of nitrogens with zero attached hydrogens (tertiary/aromatic N) is 1. The molecule has 0 aliphatic carbocycles. The fraction of sp³-hybridized carbons (Fsp3) is 0.538. The van der Waals surface area contributed by atoms with Crippen molar-refractivity contribution in [3.8, 4) is 0 Å². The lowest BCUT2D eigenvalue weighted by atomic mass is 10.0. The Balaban J connectivity index is 1.87. The highest BCUT2D eigenvalue weighted by atomic mass is 16.4. The van der Waals surface area contributed by atoms with Gasteiger partial charge in [-0.15, -0.1) is 0 Å². The molecule has 0 atom stereocenters. The molecule has 0 aromatic carbocycles. The maximum Gasteiger partial charge on any atom is 0.339 e. The van der Waals surface area contributed by atoms with Crippen molar-refractivity contribution in [2.45, 2.75) is 32.4 Å². The molecule has 2 rings (SSSR count). The highest BCUT2D eigenvalue weighted by Gasteiger charge is 2.22. The number of amides is 1. The minimum absolute atomic E-state index is 0.00218. The van der Waals surface area contributed by atoms with Crippen molar-refractivity contribution < 1.29 is 19.1 Å². The Labute approximate surface area is 111 Å². The number of furan rings is 1. The molecule has 1 fully saturated rings. The lowest BCUT2D eigenvalue weighted by Gasteiger charge is -2.31. The molecule has 1 amide bonds. The molecule has 0 unspecified atom stereocenters. The van der Waals surface area contributed by atoms with Crippen molar-refractivity contribution >= 4 is 11.9 Å². The molecule has 0 spiro atoms. The van der Waals surface area contributed by atoms with Crippen molar-refractivity contribution in [1.82, 2.24) is 10.2 Å². The Hall–Kier alpha value is -1.82. The zero-order valence-electron chi connectivity index (χ0n) is 10.9. The van der Waals surface area contributed by atoms with Gasteiger partial charge in [0.2, 0.25) is 5.91 Å². The van der Waals surface area contributed by atoms with Gasteiger partial charge >= 0.3 is 5.97 Å². The minimum Gasteiger partial charge on any atom is -0.478 e. The molecule has 0 radical (unpaired) electrons. The number of rotatable bonds is 4. The largest absolute Gasteiger partial charge is 0.478 e. The zero-order chi connectivity index (χ0) is 13.8.